The van der Waals surface area contributed by atoms with Crippen molar-refractivity contribution in [3.8, 4) is 5.75 Å². The molecular formula is C25H23FN2O5. The van der Waals surface area contributed by atoms with Gasteiger partial charge in [0.1, 0.15) is 29.4 Å². The van der Waals surface area contributed by atoms with Crippen molar-refractivity contribution in [2.24, 2.45) is 0 Å². The molecule has 1 amide bonds. The summed E-state index contributed by atoms with van der Waals surface area (Å²) in [6, 6.07) is 13.8. The lowest BCUT2D eigenvalue weighted by Gasteiger charge is -2.13. The summed E-state index contributed by atoms with van der Waals surface area (Å²) in [6.07, 6.45) is 3.39. The van der Waals surface area contributed by atoms with E-state index in [4.69, 9.17) is 9.47 Å². The zero-order valence-corrected chi connectivity index (χ0v) is 17.9. The number of H-pyrrole nitrogens is 1. The zero-order valence-electron chi connectivity index (χ0n) is 17.9. The van der Waals surface area contributed by atoms with Crippen LogP contribution >= 0.6 is 0 Å². The predicted octanol–water partition coefficient (Wildman–Crippen LogP) is 4.01. The topological polar surface area (TPSA) is 88.7 Å². The number of carbonyl (C=O) groups is 3. The molecule has 170 valence electrons. The Morgan fingerprint density at radius 3 is 2.48 bits per heavy atom. The molecule has 0 spiro atoms. The number of Topliss-reactive ketones (excluding diaryl/α,β-unsaturated/α-hetero) is 1. The Balaban J connectivity index is 1.34. The van der Waals surface area contributed by atoms with Gasteiger partial charge in [0.25, 0.3) is 5.91 Å². The number of aromatic nitrogens is 1. The number of ether oxygens (including phenoxy) is 2. The first-order chi connectivity index (χ1) is 16.0. The Bertz CT molecular complexity index is 1150. The van der Waals surface area contributed by atoms with E-state index in [0.717, 1.165) is 18.4 Å². The highest BCUT2D eigenvalue weighted by molar-refractivity contribution is 6.02. The first kappa shape index (κ1) is 22.3. The SMILES string of the molecule is O=C(COC(=O)c1ccccc1OCc1ccc(F)cc1)c1c[nH]c(C(=O)N2CCCC2)c1. The van der Waals surface area contributed by atoms with E-state index >= 15 is 0 Å². The Hall–Kier alpha value is -3.94. The fraction of sp³-hybridized carbons (Fsp3) is 0.240. The Morgan fingerprint density at radius 1 is 1.00 bits per heavy atom. The van der Waals surface area contributed by atoms with Crippen molar-refractivity contribution in [2.75, 3.05) is 19.7 Å². The summed E-state index contributed by atoms with van der Waals surface area (Å²) >= 11 is 0. The fourth-order valence-electron chi connectivity index (χ4n) is 3.56. The average Bonchev–Trinajstić information content (AvgIpc) is 3.55. The highest BCUT2D eigenvalue weighted by atomic mass is 19.1. The number of carbonyl (C=O) groups excluding carboxylic acids is 3. The van der Waals surface area contributed by atoms with Crippen LogP contribution in [0.15, 0.2) is 60.8 Å². The van der Waals surface area contributed by atoms with Crippen LogP contribution in [0.1, 0.15) is 49.6 Å². The first-order valence-electron chi connectivity index (χ1n) is 10.7. The quantitative estimate of drug-likeness (QED) is 0.414. The molecule has 2 aromatic carbocycles. The van der Waals surface area contributed by atoms with E-state index in [1.165, 1.54) is 30.5 Å². The number of nitrogens with one attached hydrogen (secondary N) is 1. The number of rotatable bonds is 8. The van der Waals surface area contributed by atoms with E-state index in [2.05, 4.69) is 4.98 Å². The summed E-state index contributed by atoms with van der Waals surface area (Å²) in [7, 11) is 0. The summed E-state index contributed by atoms with van der Waals surface area (Å²) in [4.78, 5) is 42.0. The van der Waals surface area contributed by atoms with Crippen molar-refractivity contribution < 1.29 is 28.2 Å². The summed E-state index contributed by atoms with van der Waals surface area (Å²) in [5, 5.41) is 0. The molecule has 0 radical (unpaired) electrons. The molecule has 0 atom stereocenters. The Morgan fingerprint density at radius 2 is 1.73 bits per heavy atom. The van der Waals surface area contributed by atoms with E-state index < -0.39 is 18.4 Å². The summed E-state index contributed by atoms with van der Waals surface area (Å²) in [5.74, 6) is -1.33. The second-order valence-electron chi connectivity index (χ2n) is 7.71. The Labute approximate surface area is 190 Å². The number of nitrogens with zero attached hydrogens (tertiary/aromatic N) is 1. The molecule has 8 heteroatoms. The molecule has 1 fully saturated rings. The fourth-order valence-corrected chi connectivity index (χ4v) is 3.56. The van der Waals surface area contributed by atoms with Crippen molar-refractivity contribution >= 4 is 17.7 Å². The molecule has 7 nitrogen and oxygen atoms in total. The molecule has 1 aliphatic heterocycles. The van der Waals surface area contributed by atoms with E-state index in [1.807, 2.05) is 0 Å². The summed E-state index contributed by atoms with van der Waals surface area (Å²) in [5.41, 5.74) is 1.52. The normalized spacial score (nSPS) is 13.1. The third-order valence-corrected chi connectivity index (χ3v) is 5.38. The third-order valence-electron chi connectivity index (χ3n) is 5.38. The number of halogens is 1. The van der Waals surface area contributed by atoms with Gasteiger partial charge >= 0.3 is 5.97 Å². The molecule has 0 saturated carbocycles. The van der Waals surface area contributed by atoms with Crippen LogP contribution in [0.25, 0.3) is 0 Å². The molecule has 1 N–H and O–H groups in total. The van der Waals surface area contributed by atoms with Crippen LogP contribution in [0.5, 0.6) is 5.75 Å². The molecule has 1 aliphatic rings. The van der Waals surface area contributed by atoms with Crippen LogP contribution in [0.2, 0.25) is 0 Å². The van der Waals surface area contributed by atoms with Gasteiger partial charge in [-0.05, 0) is 48.7 Å². The van der Waals surface area contributed by atoms with Crippen LogP contribution in [-0.4, -0.2) is 47.2 Å². The molecule has 33 heavy (non-hydrogen) atoms. The monoisotopic (exact) mass is 450 g/mol. The van der Waals surface area contributed by atoms with Gasteiger partial charge in [0.15, 0.2) is 6.61 Å². The van der Waals surface area contributed by atoms with Gasteiger partial charge in [-0.1, -0.05) is 24.3 Å². The van der Waals surface area contributed by atoms with E-state index in [1.54, 1.807) is 35.2 Å². The number of para-hydroxylation sites is 1. The second kappa shape index (κ2) is 10.1. The van der Waals surface area contributed by atoms with Gasteiger partial charge in [0.05, 0.1) is 0 Å². The number of hydrogen-bond donors (Lipinski definition) is 1. The zero-order chi connectivity index (χ0) is 23.2. The van der Waals surface area contributed by atoms with Gasteiger partial charge in [-0.15, -0.1) is 0 Å². The molecular weight excluding hydrogens is 427 g/mol. The van der Waals surface area contributed by atoms with E-state index in [9.17, 15) is 18.8 Å². The van der Waals surface area contributed by atoms with Crippen LogP contribution in [0, 0.1) is 5.82 Å². The van der Waals surface area contributed by atoms with Crippen LogP contribution in [0.3, 0.4) is 0 Å². The number of aromatic amines is 1. The number of likely N-dealkylation sites (tertiary alicyclic amines) is 1. The van der Waals surface area contributed by atoms with Crippen molar-refractivity contribution in [2.45, 2.75) is 19.4 Å². The minimum atomic E-state index is -0.707. The van der Waals surface area contributed by atoms with Crippen LogP contribution in [-0.2, 0) is 11.3 Å². The number of benzene rings is 2. The van der Waals surface area contributed by atoms with Crippen molar-refractivity contribution in [1.29, 1.82) is 0 Å². The lowest BCUT2D eigenvalue weighted by atomic mass is 10.2. The third kappa shape index (κ3) is 5.46. The predicted molar refractivity (Wildman–Crippen MR) is 118 cm³/mol. The summed E-state index contributed by atoms with van der Waals surface area (Å²) in [6.45, 7) is 1.09. The van der Waals surface area contributed by atoms with Crippen molar-refractivity contribution in [3.63, 3.8) is 0 Å². The maximum absolute atomic E-state index is 13.1. The number of amides is 1. The minimum Gasteiger partial charge on any atom is -0.488 e. The average molecular weight is 450 g/mol. The molecule has 4 rings (SSSR count). The molecule has 2 heterocycles. The lowest BCUT2D eigenvalue weighted by molar-refractivity contribution is 0.0470. The second-order valence-corrected chi connectivity index (χ2v) is 7.71. The van der Waals surface area contributed by atoms with Crippen LogP contribution in [0.4, 0.5) is 4.39 Å². The maximum atomic E-state index is 13.1. The highest BCUT2D eigenvalue weighted by Gasteiger charge is 2.22. The highest BCUT2D eigenvalue weighted by Crippen LogP contribution is 2.21. The van der Waals surface area contributed by atoms with Crippen molar-refractivity contribution in [3.05, 3.63) is 89.0 Å². The molecule has 1 saturated heterocycles. The van der Waals surface area contributed by atoms with Gasteiger partial charge in [-0.2, -0.15) is 0 Å². The molecule has 1 aromatic heterocycles. The maximum Gasteiger partial charge on any atom is 0.342 e. The molecule has 0 aliphatic carbocycles. The largest absolute Gasteiger partial charge is 0.488 e. The van der Waals surface area contributed by atoms with Gasteiger partial charge in [-0.25, -0.2) is 9.18 Å². The molecule has 3 aromatic rings. The van der Waals surface area contributed by atoms with E-state index in [-0.39, 0.29) is 29.5 Å². The van der Waals surface area contributed by atoms with Crippen LogP contribution < -0.4 is 4.74 Å². The lowest BCUT2D eigenvalue weighted by Crippen LogP contribution is -2.27. The molecule has 0 unspecified atom stereocenters. The number of ketones is 1. The van der Waals surface area contributed by atoms with Gasteiger partial charge in [0, 0.05) is 24.8 Å². The van der Waals surface area contributed by atoms with E-state index in [0.29, 0.717) is 24.5 Å². The number of esters is 1. The first-order valence-corrected chi connectivity index (χ1v) is 10.7. The number of hydrogen-bond acceptors (Lipinski definition) is 5. The van der Waals surface area contributed by atoms with Gasteiger partial charge in [-0.3, -0.25) is 9.59 Å². The molecule has 0 bridgehead atoms. The van der Waals surface area contributed by atoms with Gasteiger partial charge in [0.2, 0.25) is 5.78 Å². The minimum absolute atomic E-state index is 0.140. The standard InChI is InChI=1S/C25H23FN2O5/c26-19-9-7-17(8-10-19)15-32-23-6-2-1-5-20(23)25(31)33-16-22(29)18-13-21(27-14-18)24(30)28-11-3-4-12-28/h1-2,5-10,13-14,27H,3-4,11-12,15-16H2. The smallest absolute Gasteiger partial charge is 0.342 e. The Kier molecular flexibility index (Phi) is 6.83. The summed E-state index contributed by atoms with van der Waals surface area (Å²) < 4.78 is 23.9. The van der Waals surface area contributed by atoms with Crippen molar-refractivity contribution in [1.82, 2.24) is 9.88 Å². The van der Waals surface area contributed by atoms with Gasteiger partial charge < -0.3 is 19.4 Å².